The van der Waals surface area contributed by atoms with E-state index in [1.54, 1.807) is 11.8 Å². The van der Waals surface area contributed by atoms with E-state index in [-0.39, 0.29) is 5.92 Å². The van der Waals surface area contributed by atoms with Crippen LogP contribution in [0.5, 0.6) is 0 Å². The highest BCUT2D eigenvalue weighted by Gasteiger charge is 2.38. The molecule has 0 spiro atoms. The zero-order valence-corrected chi connectivity index (χ0v) is 15.9. The maximum atomic E-state index is 12.3. The Morgan fingerprint density at radius 1 is 1.08 bits per heavy atom. The number of benzene rings is 1. The van der Waals surface area contributed by atoms with Gasteiger partial charge in [-0.05, 0) is 18.4 Å². The minimum atomic E-state index is 0.153. The van der Waals surface area contributed by atoms with Gasteiger partial charge in [0.2, 0.25) is 5.91 Å². The molecule has 1 aromatic heterocycles. The van der Waals surface area contributed by atoms with Crippen LogP contribution in [0.15, 0.2) is 47.9 Å². The van der Waals surface area contributed by atoms with Crippen molar-refractivity contribution in [2.75, 3.05) is 20.1 Å². The van der Waals surface area contributed by atoms with Crippen LogP contribution in [0, 0.1) is 5.92 Å². The lowest BCUT2D eigenvalue weighted by Gasteiger charge is -2.32. The zero-order valence-electron chi connectivity index (χ0n) is 15.0. The van der Waals surface area contributed by atoms with Crippen molar-refractivity contribution in [3.8, 4) is 0 Å². The fraction of sp³-hybridized carbons (Fsp3) is 0.450. The van der Waals surface area contributed by atoms with E-state index in [1.165, 1.54) is 5.56 Å². The molecule has 0 N–H and O–H groups in total. The molecule has 136 valence electrons. The van der Waals surface area contributed by atoms with Gasteiger partial charge in [0.15, 0.2) is 5.16 Å². The van der Waals surface area contributed by atoms with Gasteiger partial charge < -0.3 is 4.90 Å². The van der Waals surface area contributed by atoms with Crippen molar-refractivity contribution in [1.29, 1.82) is 0 Å². The number of thioether (sulfide) groups is 1. The van der Waals surface area contributed by atoms with Crippen LogP contribution in [0.2, 0.25) is 0 Å². The van der Waals surface area contributed by atoms with E-state index in [9.17, 15) is 4.79 Å². The van der Waals surface area contributed by atoms with Crippen LogP contribution in [-0.2, 0) is 17.1 Å². The summed E-state index contributed by atoms with van der Waals surface area (Å²) in [5.41, 5.74) is 2.39. The van der Waals surface area contributed by atoms with Crippen molar-refractivity contribution < 1.29 is 4.79 Å². The molecule has 3 saturated heterocycles. The first-order valence-electron chi connectivity index (χ1n) is 9.16. The summed E-state index contributed by atoms with van der Waals surface area (Å²) in [5.74, 6) is 1.34. The van der Waals surface area contributed by atoms with Crippen LogP contribution < -0.4 is 0 Å². The van der Waals surface area contributed by atoms with Crippen molar-refractivity contribution in [3.05, 3.63) is 53.9 Å². The Hall–Kier alpha value is -1.92. The zero-order chi connectivity index (χ0) is 17.9. The fourth-order valence-corrected chi connectivity index (χ4v) is 4.60. The van der Waals surface area contributed by atoms with E-state index in [1.807, 2.05) is 30.4 Å². The average Bonchev–Trinajstić information content (AvgIpc) is 2.94. The average molecular weight is 369 g/mol. The third-order valence-electron chi connectivity index (χ3n) is 5.34. The van der Waals surface area contributed by atoms with Gasteiger partial charge in [-0.1, -0.05) is 42.1 Å². The highest BCUT2D eigenvalue weighted by Crippen LogP contribution is 2.28. The number of likely N-dealkylation sites (N-methyl/N-ethyl adjacent to an activating group) is 1. The summed E-state index contributed by atoms with van der Waals surface area (Å²) in [4.78, 5) is 25.7. The maximum Gasteiger partial charge on any atom is 0.227 e. The molecule has 1 aromatic carbocycles. The van der Waals surface area contributed by atoms with Crippen molar-refractivity contribution in [1.82, 2.24) is 19.8 Å². The summed E-state index contributed by atoms with van der Waals surface area (Å²) in [7, 11) is 1.95. The Kier molecular flexibility index (Phi) is 5.22. The Balaban J connectivity index is 1.35. The lowest BCUT2D eigenvalue weighted by molar-refractivity contribution is -0.138. The van der Waals surface area contributed by atoms with E-state index in [2.05, 4.69) is 39.1 Å². The summed E-state index contributed by atoms with van der Waals surface area (Å²) in [5, 5.41) is 0.809. The first-order chi connectivity index (χ1) is 12.7. The van der Waals surface area contributed by atoms with Crippen molar-refractivity contribution >= 4 is 17.7 Å². The molecule has 0 aliphatic carbocycles. The Morgan fingerprint density at radius 3 is 2.62 bits per heavy atom. The van der Waals surface area contributed by atoms with Gasteiger partial charge in [0.05, 0.1) is 5.92 Å². The monoisotopic (exact) mass is 368 g/mol. The van der Waals surface area contributed by atoms with E-state index in [0.717, 1.165) is 48.9 Å². The van der Waals surface area contributed by atoms with Crippen molar-refractivity contribution in [3.63, 3.8) is 0 Å². The van der Waals surface area contributed by atoms with E-state index < -0.39 is 0 Å². The van der Waals surface area contributed by atoms with Crippen LogP contribution in [0.1, 0.15) is 24.0 Å². The number of carbonyl (C=O) groups excluding carboxylic acids is 1. The van der Waals surface area contributed by atoms with Gasteiger partial charge >= 0.3 is 0 Å². The highest BCUT2D eigenvalue weighted by atomic mass is 32.2. The number of hydrogen-bond donors (Lipinski definition) is 0. The Morgan fingerprint density at radius 2 is 1.85 bits per heavy atom. The molecule has 3 aliphatic rings. The predicted molar refractivity (Wildman–Crippen MR) is 103 cm³/mol. The molecule has 3 aliphatic heterocycles. The van der Waals surface area contributed by atoms with E-state index in [4.69, 9.17) is 0 Å². The van der Waals surface area contributed by atoms with Gasteiger partial charge in [-0.15, -0.1) is 0 Å². The molecule has 26 heavy (non-hydrogen) atoms. The molecule has 2 bridgehead atoms. The molecule has 2 atom stereocenters. The highest BCUT2D eigenvalue weighted by molar-refractivity contribution is 7.98. The van der Waals surface area contributed by atoms with Gasteiger partial charge in [-0.2, -0.15) is 0 Å². The first kappa shape index (κ1) is 17.5. The summed E-state index contributed by atoms with van der Waals surface area (Å²) in [6, 6.07) is 10.7. The summed E-state index contributed by atoms with van der Waals surface area (Å²) in [6.07, 6.45) is 6.00. The van der Waals surface area contributed by atoms with Crippen LogP contribution in [0.25, 0.3) is 0 Å². The molecule has 0 unspecified atom stereocenters. The van der Waals surface area contributed by atoms with Gasteiger partial charge in [0.25, 0.3) is 0 Å². The molecule has 5 rings (SSSR count). The molecule has 5 nitrogen and oxygen atoms in total. The Bertz CT molecular complexity index is 752. The largest absolute Gasteiger partial charge is 0.341 e. The minimum absolute atomic E-state index is 0.153. The molecule has 6 heteroatoms. The molecule has 1 amide bonds. The summed E-state index contributed by atoms with van der Waals surface area (Å²) >= 11 is 1.66. The number of carbonyl (C=O) groups is 1. The van der Waals surface area contributed by atoms with Crippen LogP contribution >= 0.6 is 11.8 Å². The molecule has 2 aromatic rings. The van der Waals surface area contributed by atoms with Crippen molar-refractivity contribution in [2.24, 2.45) is 5.92 Å². The number of hydrogen-bond acceptors (Lipinski definition) is 5. The first-order valence-corrected chi connectivity index (χ1v) is 10.1. The Labute approximate surface area is 158 Å². The quantitative estimate of drug-likeness (QED) is 0.600. The van der Waals surface area contributed by atoms with Gasteiger partial charge in [-0.3, -0.25) is 9.69 Å². The minimum Gasteiger partial charge on any atom is -0.341 e. The SMILES string of the molecule is CN1C(=O)[C@H]2CC[C@@H]1CN(Cc1cnc(SCc3ccccc3)nc1)C2. The maximum absolute atomic E-state index is 12.3. The second-order valence-corrected chi connectivity index (χ2v) is 8.16. The lowest BCUT2D eigenvalue weighted by atomic mass is 9.95. The van der Waals surface area contributed by atoms with E-state index >= 15 is 0 Å². The molecule has 4 heterocycles. The standard InChI is InChI=1S/C20H24N4OS/c1-23-18-8-7-17(19(23)25)12-24(13-18)11-16-9-21-20(22-10-16)26-14-15-5-3-2-4-6-15/h2-6,9-10,17-18H,7-8,11-14H2,1H3/t17-,18+/m0/s1. The van der Waals surface area contributed by atoms with Gasteiger partial charge in [0, 0.05) is 56.4 Å². The van der Waals surface area contributed by atoms with Crippen LogP contribution in [0.3, 0.4) is 0 Å². The molecular formula is C20H24N4OS. The fourth-order valence-electron chi connectivity index (χ4n) is 3.85. The third-order valence-corrected chi connectivity index (χ3v) is 6.29. The normalized spacial score (nSPS) is 23.3. The second kappa shape index (κ2) is 7.76. The number of fused-ring (bicyclic) bond motifs is 4. The molecule has 0 saturated carbocycles. The molecule has 3 fully saturated rings. The predicted octanol–water partition coefficient (Wildman–Crippen LogP) is 2.82. The topological polar surface area (TPSA) is 49.3 Å². The van der Waals surface area contributed by atoms with E-state index in [0.29, 0.717) is 11.9 Å². The molecule has 0 radical (unpaired) electrons. The third kappa shape index (κ3) is 3.91. The number of nitrogens with zero attached hydrogens (tertiary/aromatic N) is 4. The van der Waals surface area contributed by atoms with Crippen molar-refractivity contribution in [2.45, 2.75) is 36.3 Å². The number of amides is 1. The summed E-state index contributed by atoms with van der Waals surface area (Å²) < 4.78 is 0. The summed E-state index contributed by atoms with van der Waals surface area (Å²) in [6.45, 7) is 2.62. The molecular weight excluding hydrogens is 344 g/mol. The lowest BCUT2D eigenvalue weighted by Crippen LogP contribution is -2.45. The van der Waals surface area contributed by atoms with Gasteiger partial charge in [0.1, 0.15) is 0 Å². The number of rotatable bonds is 5. The number of aromatic nitrogens is 2. The van der Waals surface area contributed by atoms with Crippen LogP contribution in [0.4, 0.5) is 0 Å². The second-order valence-electron chi connectivity index (χ2n) is 7.22. The number of piperidine rings is 1. The van der Waals surface area contributed by atoms with Crippen LogP contribution in [-0.4, -0.2) is 51.9 Å². The van der Waals surface area contributed by atoms with Gasteiger partial charge in [-0.25, -0.2) is 9.97 Å². The smallest absolute Gasteiger partial charge is 0.227 e.